The van der Waals surface area contributed by atoms with Crippen molar-refractivity contribution in [2.45, 2.75) is 6.61 Å². The smallest absolute Gasteiger partial charge is 0.152 e. The molecule has 0 atom stereocenters. The van der Waals surface area contributed by atoms with Crippen molar-refractivity contribution in [3.05, 3.63) is 42.0 Å². The summed E-state index contributed by atoms with van der Waals surface area (Å²) in [5.74, 6) is -0.388. The topological polar surface area (TPSA) is 46.3 Å². The molecule has 0 fully saturated rings. The number of hydrogen-bond donors (Lipinski definition) is 1. The zero-order valence-corrected chi connectivity index (χ0v) is 8.27. The molecule has 0 bridgehead atoms. The first-order chi connectivity index (χ1) is 7.79. The number of halogens is 1. The summed E-state index contributed by atoms with van der Waals surface area (Å²) in [6.45, 7) is -0.196. The fourth-order valence-corrected chi connectivity index (χ4v) is 1.86. The molecule has 80 valence electrons. The lowest BCUT2D eigenvalue weighted by Gasteiger charge is -2.02. The molecule has 0 saturated carbocycles. The number of benzene rings is 1. The highest BCUT2D eigenvalue weighted by Crippen LogP contribution is 2.27. The van der Waals surface area contributed by atoms with Gasteiger partial charge in [-0.2, -0.15) is 0 Å². The molecule has 1 aromatic carbocycles. The molecule has 0 saturated heterocycles. The summed E-state index contributed by atoms with van der Waals surface area (Å²) in [5, 5.41) is 10.1. The number of furan rings is 1. The van der Waals surface area contributed by atoms with E-state index < -0.39 is 0 Å². The van der Waals surface area contributed by atoms with Gasteiger partial charge in [-0.05, 0) is 23.8 Å². The highest BCUT2D eigenvalue weighted by atomic mass is 19.1. The third-order valence-electron chi connectivity index (χ3n) is 2.60. The Kier molecular flexibility index (Phi) is 1.91. The Hall–Kier alpha value is -1.94. The van der Waals surface area contributed by atoms with Gasteiger partial charge in [-0.1, -0.05) is 0 Å². The zero-order chi connectivity index (χ0) is 11.1. The molecule has 3 aromatic rings. The van der Waals surface area contributed by atoms with Gasteiger partial charge >= 0.3 is 0 Å². The highest BCUT2D eigenvalue weighted by Gasteiger charge is 2.10. The normalized spacial score (nSPS) is 11.4. The quantitative estimate of drug-likeness (QED) is 0.681. The van der Waals surface area contributed by atoms with Crippen molar-refractivity contribution >= 4 is 21.9 Å². The number of nitrogens with zero attached hydrogens (tertiary/aromatic N) is 1. The standard InChI is InChI=1S/C12H8FNO2/c13-9-3-7(6-15)4-10-12(9)8-1-2-16-11(8)5-14-10/h1-5,15H,6H2. The second-order valence-electron chi connectivity index (χ2n) is 3.59. The van der Waals surface area contributed by atoms with Crippen LogP contribution in [0.2, 0.25) is 0 Å². The van der Waals surface area contributed by atoms with Crippen molar-refractivity contribution in [1.29, 1.82) is 0 Å². The Labute approximate surface area is 90.1 Å². The van der Waals surface area contributed by atoms with E-state index in [4.69, 9.17) is 9.52 Å². The van der Waals surface area contributed by atoms with Gasteiger partial charge in [-0.15, -0.1) is 0 Å². The van der Waals surface area contributed by atoms with Gasteiger partial charge < -0.3 is 9.52 Å². The lowest BCUT2D eigenvalue weighted by molar-refractivity contribution is 0.281. The van der Waals surface area contributed by atoms with Crippen LogP contribution in [0.3, 0.4) is 0 Å². The van der Waals surface area contributed by atoms with Crippen molar-refractivity contribution in [1.82, 2.24) is 4.98 Å². The Morgan fingerprint density at radius 1 is 1.38 bits per heavy atom. The Morgan fingerprint density at radius 2 is 2.25 bits per heavy atom. The predicted octanol–water partition coefficient (Wildman–Crippen LogP) is 2.61. The van der Waals surface area contributed by atoms with E-state index in [9.17, 15) is 4.39 Å². The molecule has 0 amide bonds. The van der Waals surface area contributed by atoms with Gasteiger partial charge in [0.2, 0.25) is 0 Å². The molecular formula is C12H8FNO2. The van der Waals surface area contributed by atoms with Gasteiger partial charge in [0.15, 0.2) is 5.58 Å². The molecule has 0 radical (unpaired) electrons. The maximum atomic E-state index is 13.8. The summed E-state index contributed by atoms with van der Waals surface area (Å²) >= 11 is 0. The number of aliphatic hydroxyl groups is 1. The Balaban J connectivity index is 2.50. The van der Waals surface area contributed by atoms with Crippen molar-refractivity contribution < 1.29 is 13.9 Å². The van der Waals surface area contributed by atoms with Crippen LogP contribution in [-0.4, -0.2) is 10.1 Å². The van der Waals surface area contributed by atoms with Crippen molar-refractivity contribution in [3.63, 3.8) is 0 Å². The van der Waals surface area contributed by atoms with Crippen LogP contribution in [-0.2, 0) is 6.61 Å². The van der Waals surface area contributed by atoms with Crippen LogP contribution >= 0.6 is 0 Å². The number of pyridine rings is 1. The summed E-state index contributed by atoms with van der Waals surface area (Å²) < 4.78 is 19.0. The van der Waals surface area contributed by atoms with Crippen molar-refractivity contribution in [2.24, 2.45) is 0 Å². The van der Waals surface area contributed by atoms with Gasteiger partial charge in [-0.3, -0.25) is 4.98 Å². The van der Waals surface area contributed by atoms with Gasteiger partial charge in [0, 0.05) is 10.8 Å². The van der Waals surface area contributed by atoms with Crippen LogP contribution in [0.15, 0.2) is 35.1 Å². The molecule has 4 heteroatoms. The van der Waals surface area contributed by atoms with E-state index in [0.29, 0.717) is 27.4 Å². The Bertz CT molecular complexity index is 675. The lowest BCUT2D eigenvalue weighted by Crippen LogP contribution is -1.90. The van der Waals surface area contributed by atoms with Crippen molar-refractivity contribution in [3.8, 4) is 0 Å². The molecule has 0 spiro atoms. The molecule has 2 aromatic heterocycles. The van der Waals surface area contributed by atoms with E-state index in [-0.39, 0.29) is 12.4 Å². The van der Waals surface area contributed by atoms with Crippen LogP contribution in [0.1, 0.15) is 5.56 Å². The van der Waals surface area contributed by atoms with E-state index in [0.717, 1.165) is 0 Å². The van der Waals surface area contributed by atoms with Crippen LogP contribution in [0.25, 0.3) is 21.9 Å². The molecule has 3 rings (SSSR count). The minimum Gasteiger partial charge on any atom is -0.463 e. The van der Waals surface area contributed by atoms with E-state index in [1.165, 1.54) is 12.3 Å². The molecule has 0 unspecified atom stereocenters. The molecular weight excluding hydrogens is 209 g/mol. The van der Waals surface area contributed by atoms with E-state index in [1.807, 2.05) is 0 Å². The van der Waals surface area contributed by atoms with Gasteiger partial charge in [0.1, 0.15) is 5.82 Å². The fourth-order valence-electron chi connectivity index (χ4n) is 1.86. The number of rotatable bonds is 1. The zero-order valence-electron chi connectivity index (χ0n) is 8.27. The van der Waals surface area contributed by atoms with Crippen LogP contribution in [0.4, 0.5) is 4.39 Å². The average Bonchev–Trinajstić information content (AvgIpc) is 2.76. The van der Waals surface area contributed by atoms with E-state index in [2.05, 4.69) is 4.98 Å². The summed E-state index contributed by atoms with van der Waals surface area (Å²) in [5.41, 5.74) is 1.60. The minimum absolute atomic E-state index is 0.196. The molecule has 0 aliphatic carbocycles. The van der Waals surface area contributed by atoms with Crippen LogP contribution in [0, 0.1) is 5.82 Å². The number of aromatic nitrogens is 1. The first kappa shape index (κ1) is 9.30. The molecule has 16 heavy (non-hydrogen) atoms. The number of hydrogen-bond acceptors (Lipinski definition) is 3. The summed E-state index contributed by atoms with van der Waals surface area (Å²) in [7, 11) is 0. The highest BCUT2D eigenvalue weighted by molar-refractivity contribution is 6.03. The molecule has 0 aliphatic rings. The predicted molar refractivity (Wildman–Crippen MR) is 57.4 cm³/mol. The van der Waals surface area contributed by atoms with Gasteiger partial charge in [0.05, 0.1) is 24.6 Å². The number of fused-ring (bicyclic) bond motifs is 3. The molecule has 3 nitrogen and oxygen atoms in total. The largest absolute Gasteiger partial charge is 0.463 e. The third-order valence-corrected chi connectivity index (χ3v) is 2.60. The van der Waals surface area contributed by atoms with E-state index in [1.54, 1.807) is 18.3 Å². The first-order valence-corrected chi connectivity index (χ1v) is 4.85. The van der Waals surface area contributed by atoms with Gasteiger partial charge in [0.25, 0.3) is 0 Å². The van der Waals surface area contributed by atoms with Crippen molar-refractivity contribution in [2.75, 3.05) is 0 Å². The minimum atomic E-state index is -0.388. The van der Waals surface area contributed by atoms with Crippen LogP contribution in [0.5, 0.6) is 0 Å². The number of aliphatic hydroxyl groups excluding tert-OH is 1. The SMILES string of the molecule is OCc1cc(F)c2c(c1)ncc1occc12. The molecule has 2 heterocycles. The van der Waals surface area contributed by atoms with Crippen LogP contribution < -0.4 is 0 Å². The van der Waals surface area contributed by atoms with Gasteiger partial charge in [-0.25, -0.2) is 4.39 Å². The van der Waals surface area contributed by atoms with E-state index >= 15 is 0 Å². The molecule has 1 N–H and O–H groups in total. The second-order valence-corrected chi connectivity index (χ2v) is 3.59. The summed E-state index contributed by atoms with van der Waals surface area (Å²) in [6, 6.07) is 4.70. The maximum absolute atomic E-state index is 13.8. The Morgan fingerprint density at radius 3 is 3.06 bits per heavy atom. The maximum Gasteiger partial charge on any atom is 0.152 e. The monoisotopic (exact) mass is 217 g/mol. The molecule has 0 aliphatic heterocycles. The third kappa shape index (κ3) is 1.20. The second kappa shape index (κ2) is 3.28. The first-order valence-electron chi connectivity index (χ1n) is 4.85. The average molecular weight is 217 g/mol. The fraction of sp³-hybridized carbons (Fsp3) is 0.0833. The summed E-state index contributed by atoms with van der Waals surface area (Å²) in [4.78, 5) is 4.11. The summed E-state index contributed by atoms with van der Waals surface area (Å²) in [6.07, 6.45) is 3.06. The lowest BCUT2D eigenvalue weighted by atomic mass is 10.1.